The van der Waals surface area contributed by atoms with E-state index >= 15 is 0 Å². The number of rotatable bonds is 13. The molecule has 1 atom stereocenters. The normalized spacial score (nSPS) is 13.6. The molecular weight excluding hydrogens is 795 g/mol. The standard InChI is InChI=1S/C14H28F3NO.2C8H4F6N2O2/c1-3-4-5-6-7-8-9-10-11-18-12-13(2,19)14(15,16)17;2*9-7(10,11)2-1-3(15)4(6(17)18)16-5(2)8(12,13)14/h18-19H,3-12H2,1-2H3;2*1H,15H2,(H,17,18)/t13-;;/m0../s1. The Kier molecular flexibility index (Phi) is 18.5. The highest BCUT2D eigenvalue weighted by Crippen LogP contribution is 2.42. The summed E-state index contributed by atoms with van der Waals surface area (Å²) >= 11 is 0. The maximum Gasteiger partial charge on any atom is 0.433 e. The third-order valence-corrected chi connectivity index (χ3v) is 6.94. The number of hydrogen-bond acceptors (Lipinski definition) is 8. The lowest BCUT2D eigenvalue weighted by atomic mass is 10.1. The van der Waals surface area contributed by atoms with Crippen LogP contribution < -0.4 is 16.8 Å². The van der Waals surface area contributed by atoms with Gasteiger partial charge in [0.2, 0.25) is 0 Å². The Labute approximate surface area is 302 Å². The van der Waals surface area contributed by atoms with E-state index < -0.39 is 100 Å². The van der Waals surface area contributed by atoms with Crippen molar-refractivity contribution < 1.29 is 90.8 Å². The predicted octanol–water partition coefficient (Wildman–Crippen LogP) is 8.83. The van der Waals surface area contributed by atoms with Crippen molar-refractivity contribution in [2.75, 3.05) is 24.6 Å². The third kappa shape index (κ3) is 16.9. The van der Waals surface area contributed by atoms with Crippen LogP contribution in [0.25, 0.3) is 0 Å². The first kappa shape index (κ1) is 50.7. The topological polar surface area (TPSA) is 185 Å². The summed E-state index contributed by atoms with van der Waals surface area (Å²) in [4.78, 5) is 25.8. The minimum Gasteiger partial charge on any atom is -0.476 e. The van der Waals surface area contributed by atoms with Gasteiger partial charge in [0.25, 0.3) is 0 Å². The van der Waals surface area contributed by atoms with Crippen LogP contribution in [0.15, 0.2) is 12.1 Å². The van der Waals surface area contributed by atoms with Gasteiger partial charge in [0.1, 0.15) is 0 Å². The molecule has 0 saturated carbocycles. The van der Waals surface area contributed by atoms with E-state index in [0.29, 0.717) is 6.54 Å². The number of hydrogen-bond donors (Lipinski definition) is 6. The second-order valence-corrected chi connectivity index (χ2v) is 11.7. The Bertz CT molecular complexity index is 1460. The van der Waals surface area contributed by atoms with Gasteiger partial charge >= 0.3 is 42.8 Å². The number of anilines is 2. The van der Waals surface area contributed by atoms with Gasteiger partial charge in [0, 0.05) is 6.54 Å². The van der Waals surface area contributed by atoms with Crippen molar-refractivity contribution in [3.63, 3.8) is 0 Å². The number of carbonyl (C=O) groups is 2. The highest BCUT2D eigenvalue weighted by Gasteiger charge is 2.49. The summed E-state index contributed by atoms with van der Waals surface area (Å²) in [5.74, 6) is -3.90. The minimum atomic E-state index is -5.44. The number of pyridine rings is 2. The quantitative estimate of drug-likeness (QED) is 0.0842. The fraction of sp³-hybridized carbons (Fsp3) is 0.600. The maximum absolute atomic E-state index is 12.4. The molecule has 10 nitrogen and oxygen atoms in total. The summed E-state index contributed by atoms with van der Waals surface area (Å²) < 4.78 is 185. The number of nitrogens with zero attached hydrogens (tertiary/aromatic N) is 2. The van der Waals surface area contributed by atoms with E-state index in [1.807, 2.05) is 0 Å². The summed E-state index contributed by atoms with van der Waals surface area (Å²) in [5, 5.41) is 28.8. The molecule has 0 aliphatic rings. The zero-order chi connectivity index (χ0) is 43.4. The van der Waals surface area contributed by atoms with Crippen molar-refractivity contribution in [1.82, 2.24) is 15.3 Å². The van der Waals surface area contributed by atoms with Crippen LogP contribution in [0.2, 0.25) is 0 Å². The average Bonchev–Trinajstić information content (AvgIpc) is 2.99. The summed E-state index contributed by atoms with van der Waals surface area (Å²) in [5.41, 5.74) is -6.27. The number of carboxylic acid groups (broad SMARTS) is 2. The second-order valence-electron chi connectivity index (χ2n) is 11.7. The van der Waals surface area contributed by atoms with E-state index in [1.165, 1.54) is 32.1 Å². The molecule has 55 heavy (non-hydrogen) atoms. The van der Waals surface area contributed by atoms with Crippen molar-refractivity contribution in [3.05, 3.63) is 46.0 Å². The lowest BCUT2D eigenvalue weighted by Crippen LogP contribution is -2.50. The predicted molar refractivity (Wildman–Crippen MR) is 163 cm³/mol. The van der Waals surface area contributed by atoms with E-state index in [0.717, 1.165) is 26.2 Å². The molecule has 8 N–H and O–H groups in total. The molecule has 0 aliphatic carbocycles. The Balaban J connectivity index is 0.000000795. The molecule has 2 aromatic heterocycles. The van der Waals surface area contributed by atoms with Crippen molar-refractivity contribution in [2.24, 2.45) is 0 Å². The first-order valence-corrected chi connectivity index (χ1v) is 15.6. The van der Waals surface area contributed by atoms with Gasteiger partial charge in [-0.25, -0.2) is 19.6 Å². The minimum absolute atomic E-state index is 0.0979. The molecule has 0 radical (unpaired) electrons. The molecule has 0 fully saturated rings. The van der Waals surface area contributed by atoms with Crippen molar-refractivity contribution in [2.45, 2.75) is 102 Å². The number of halogens is 15. The zero-order valence-electron chi connectivity index (χ0n) is 28.6. The van der Waals surface area contributed by atoms with Gasteiger partial charge in [-0.05, 0) is 32.0 Å². The van der Waals surface area contributed by atoms with Crippen LogP contribution in [0.1, 0.15) is 109 Å². The highest BCUT2D eigenvalue weighted by atomic mass is 19.4. The summed E-state index contributed by atoms with van der Waals surface area (Å²) in [7, 11) is 0. The SMILES string of the molecule is CCCCCCCCCCNC[C@](C)(O)C(F)(F)F.Nc1cc(C(F)(F)F)c(C(F)(F)F)nc1C(=O)O.Nc1cc(C(F)(F)F)c(C(F)(F)F)nc1C(=O)O. The molecule has 0 saturated heterocycles. The van der Waals surface area contributed by atoms with Gasteiger partial charge in [-0.1, -0.05) is 51.9 Å². The number of aliphatic hydroxyl groups is 1. The van der Waals surface area contributed by atoms with Gasteiger partial charge in [0.15, 0.2) is 28.4 Å². The summed E-state index contributed by atoms with van der Waals surface area (Å²) in [6, 6.07) is -0.196. The monoisotopic (exact) mass is 831 g/mol. The van der Waals surface area contributed by atoms with Crippen molar-refractivity contribution >= 4 is 23.3 Å². The molecular formula is C30H36F15N5O5. The molecule has 2 aromatic rings. The fourth-order valence-electron chi connectivity index (χ4n) is 4.08. The molecule has 0 unspecified atom stereocenters. The Morgan fingerprint density at radius 2 is 0.945 bits per heavy atom. The Hall–Kier alpha value is -4.29. The van der Waals surface area contributed by atoms with Crippen LogP contribution in [0.4, 0.5) is 77.2 Å². The molecule has 0 amide bonds. The van der Waals surface area contributed by atoms with E-state index in [1.54, 1.807) is 0 Å². The summed E-state index contributed by atoms with van der Waals surface area (Å²) in [6.45, 7) is 3.07. The molecule has 0 bridgehead atoms. The number of unbranched alkanes of at least 4 members (excludes halogenated alkanes) is 7. The number of nitrogens with two attached hydrogens (primary N) is 2. The maximum atomic E-state index is 12.4. The molecule has 2 heterocycles. The van der Waals surface area contributed by atoms with Gasteiger partial charge < -0.3 is 32.1 Å². The number of aromatic carboxylic acids is 2. The van der Waals surface area contributed by atoms with Crippen molar-refractivity contribution in [1.29, 1.82) is 0 Å². The Morgan fingerprint density at radius 1 is 0.618 bits per heavy atom. The van der Waals surface area contributed by atoms with Gasteiger partial charge in [-0.2, -0.15) is 65.9 Å². The Morgan fingerprint density at radius 3 is 1.22 bits per heavy atom. The zero-order valence-corrected chi connectivity index (χ0v) is 28.6. The number of aromatic nitrogens is 2. The molecule has 0 aliphatic heterocycles. The number of nitrogens with one attached hydrogen (secondary N) is 1. The van der Waals surface area contributed by atoms with Crippen LogP contribution in [0.3, 0.4) is 0 Å². The molecule has 25 heteroatoms. The smallest absolute Gasteiger partial charge is 0.433 e. The number of carboxylic acids is 2. The largest absolute Gasteiger partial charge is 0.476 e. The van der Waals surface area contributed by atoms with Crippen LogP contribution in [-0.2, 0) is 24.7 Å². The summed E-state index contributed by atoms with van der Waals surface area (Å²) in [6.07, 6.45) is -16.8. The van der Waals surface area contributed by atoms with Crippen LogP contribution in [-0.4, -0.2) is 62.1 Å². The van der Waals surface area contributed by atoms with E-state index in [2.05, 4.69) is 22.2 Å². The fourth-order valence-corrected chi connectivity index (χ4v) is 4.08. The van der Waals surface area contributed by atoms with E-state index in [4.69, 9.17) is 21.7 Å². The van der Waals surface area contributed by atoms with E-state index in [9.17, 15) is 80.6 Å². The van der Waals surface area contributed by atoms with Gasteiger partial charge in [-0.3, -0.25) is 0 Å². The molecule has 316 valence electrons. The van der Waals surface area contributed by atoms with Crippen LogP contribution >= 0.6 is 0 Å². The molecule has 0 spiro atoms. The van der Waals surface area contributed by atoms with Crippen LogP contribution in [0.5, 0.6) is 0 Å². The highest BCUT2D eigenvalue weighted by molar-refractivity contribution is 5.92. The second kappa shape index (κ2) is 20.0. The molecule has 0 aromatic carbocycles. The van der Waals surface area contributed by atoms with Gasteiger partial charge in [-0.15, -0.1) is 0 Å². The van der Waals surface area contributed by atoms with Crippen molar-refractivity contribution in [3.8, 4) is 0 Å². The first-order valence-electron chi connectivity index (χ1n) is 15.6. The van der Waals surface area contributed by atoms with Gasteiger partial charge in [0.05, 0.1) is 22.5 Å². The third-order valence-electron chi connectivity index (χ3n) is 6.94. The van der Waals surface area contributed by atoms with E-state index in [-0.39, 0.29) is 12.1 Å². The number of alkyl halides is 15. The first-order chi connectivity index (χ1) is 24.7. The average molecular weight is 832 g/mol. The number of nitrogen functional groups attached to an aromatic ring is 2. The molecule has 2 rings (SSSR count). The van der Waals surface area contributed by atoms with Crippen LogP contribution in [0, 0.1) is 0 Å². The lowest BCUT2D eigenvalue weighted by molar-refractivity contribution is -0.250. The lowest BCUT2D eigenvalue weighted by Gasteiger charge is -2.26.